The number of aryl methyl sites for hydroxylation is 2. The van der Waals surface area contributed by atoms with Gasteiger partial charge in [0.05, 0.1) is 11.0 Å². The summed E-state index contributed by atoms with van der Waals surface area (Å²) in [4.78, 5) is 4.76. The van der Waals surface area contributed by atoms with Crippen LogP contribution in [0.25, 0.3) is 11.0 Å². The minimum atomic E-state index is 0.584. The Labute approximate surface area is 116 Å². The Hall–Kier alpha value is -1.35. The van der Waals surface area contributed by atoms with Crippen LogP contribution in [0, 0.1) is 0 Å². The van der Waals surface area contributed by atoms with E-state index in [2.05, 4.69) is 54.9 Å². The minimum Gasteiger partial charge on any atom is -0.328 e. The number of para-hydroxylation sites is 2. The quantitative estimate of drug-likeness (QED) is 0.773. The Balaban J connectivity index is 1.96. The summed E-state index contributed by atoms with van der Waals surface area (Å²) < 4.78 is 2.34. The summed E-state index contributed by atoms with van der Waals surface area (Å²) >= 11 is 0. The Kier molecular flexibility index (Phi) is 4.97. The molecule has 3 nitrogen and oxygen atoms in total. The Morgan fingerprint density at radius 1 is 1.21 bits per heavy atom. The lowest BCUT2D eigenvalue weighted by atomic mass is 10.2. The zero-order valence-corrected chi connectivity index (χ0v) is 12.3. The third-order valence-electron chi connectivity index (χ3n) is 3.43. The van der Waals surface area contributed by atoms with Crippen LogP contribution in [0.5, 0.6) is 0 Å². The van der Waals surface area contributed by atoms with Crippen LogP contribution in [0.4, 0.5) is 0 Å². The van der Waals surface area contributed by atoms with Crippen LogP contribution < -0.4 is 5.32 Å². The lowest BCUT2D eigenvalue weighted by Crippen LogP contribution is -2.23. The van der Waals surface area contributed by atoms with E-state index in [4.69, 9.17) is 4.98 Å². The maximum atomic E-state index is 4.76. The molecule has 0 aliphatic carbocycles. The Morgan fingerprint density at radius 2 is 2.00 bits per heavy atom. The molecule has 0 amide bonds. The number of aromatic nitrogens is 2. The number of rotatable bonds is 7. The number of hydrogen-bond donors (Lipinski definition) is 1. The topological polar surface area (TPSA) is 29.9 Å². The first-order chi connectivity index (χ1) is 9.22. The summed E-state index contributed by atoms with van der Waals surface area (Å²) in [6.07, 6.45) is 3.48. The van der Waals surface area contributed by atoms with Crippen molar-refractivity contribution in [3.05, 3.63) is 30.1 Å². The molecule has 0 atom stereocenters. The van der Waals surface area contributed by atoms with Crippen molar-refractivity contribution in [3.63, 3.8) is 0 Å². The third-order valence-corrected chi connectivity index (χ3v) is 3.43. The highest BCUT2D eigenvalue weighted by Crippen LogP contribution is 2.17. The van der Waals surface area contributed by atoms with Gasteiger partial charge in [0, 0.05) is 19.0 Å². The van der Waals surface area contributed by atoms with E-state index in [9.17, 15) is 0 Å². The molecule has 0 saturated heterocycles. The molecule has 1 aromatic carbocycles. The summed E-state index contributed by atoms with van der Waals surface area (Å²) in [7, 11) is 0. The number of fused-ring (bicyclic) bond motifs is 1. The summed E-state index contributed by atoms with van der Waals surface area (Å²) in [5, 5.41) is 3.46. The molecule has 3 heteroatoms. The van der Waals surface area contributed by atoms with Crippen LogP contribution in [0.1, 0.15) is 39.4 Å². The molecule has 0 spiro atoms. The largest absolute Gasteiger partial charge is 0.328 e. The van der Waals surface area contributed by atoms with E-state index in [1.807, 2.05) is 0 Å². The zero-order chi connectivity index (χ0) is 13.7. The molecule has 104 valence electrons. The molecule has 0 radical (unpaired) electrons. The number of hydrogen-bond acceptors (Lipinski definition) is 2. The fraction of sp³-hybridized carbons (Fsp3) is 0.562. The van der Waals surface area contributed by atoms with Gasteiger partial charge in [-0.3, -0.25) is 0 Å². The number of nitrogens with one attached hydrogen (secondary N) is 1. The van der Waals surface area contributed by atoms with E-state index in [-0.39, 0.29) is 0 Å². The Bertz CT molecular complexity index is 514. The Morgan fingerprint density at radius 3 is 2.74 bits per heavy atom. The van der Waals surface area contributed by atoms with Crippen LogP contribution in [-0.2, 0) is 13.0 Å². The summed E-state index contributed by atoms with van der Waals surface area (Å²) in [6.45, 7) is 8.68. The van der Waals surface area contributed by atoms with Crippen molar-refractivity contribution in [2.45, 2.75) is 52.6 Å². The lowest BCUT2D eigenvalue weighted by Gasteiger charge is -2.08. The van der Waals surface area contributed by atoms with Crippen molar-refractivity contribution in [3.8, 4) is 0 Å². The molecule has 0 aliphatic rings. The number of benzene rings is 1. The van der Waals surface area contributed by atoms with Crippen LogP contribution in [0.15, 0.2) is 24.3 Å². The summed E-state index contributed by atoms with van der Waals surface area (Å²) in [5.74, 6) is 1.23. The maximum absolute atomic E-state index is 4.76. The number of unbranched alkanes of at least 4 members (excludes halogenated alkanes) is 1. The molecule has 1 aromatic heterocycles. The van der Waals surface area contributed by atoms with Crippen LogP contribution in [-0.4, -0.2) is 22.1 Å². The molecule has 0 aliphatic heterocycles. The highest BCUT2D eigenvalue weighted by Gasteiger charge is 2.08. The molecule has 19 heavy (non-hydrogen) atoms. The normalized spacial score (nSPS) is 11.6. The van der Waals surface area contributed by atoms with Crippen molar-refractivity contribution in [2.24, 2.45) is 0 Å². The average Bonchev–Trinajstić information content (AvgIpc) is 2.75. The molecule has 2 aromatic rings. The van der Waals surface area contributed by atoms with Gasteiger partial charge in [0.1, 0.15) is 5.82 Å². The average molecular weight is 259 g/mol. The summed E-state index contributed by atoms with van der Waals surface area (Å²) in [6, 6.07) is 9.00. The SMILES string of the molecule is CCn1c(CCCCNC(C)C)nc2ccccc21. The van der Waals surface area contributed by atoms with Crippen LogP contribution >= 0.6 is 0 Å². The molecule has 2 rings (SSSR count). The van der Waals surface area contributed by atoms with Gasteiger partial charge in [-0.1, -0.05) is 26.0 Å². The fourth-order valence-corrected chi connectivity index (χ4v) is 2.47. The van der Waals surface area contributed by atoms with Crippen molar-refractivity contribution >= 4 is 11.0 Å². The molecular formula is C16H25N3. The number of nitrogens with zero attached hydrogens (tertiary/aromatic N) is 2. The third kappa shape index (κ3) is 3.57. The second-order valence-electron chi connectivity index (χ2n) is 5.33. The van der Waals surface area contributed by atoms with Crippen LogP contribution in [0.3, 0.4) is 0 Å². The van der Waals surface area contributed by atoms with E-state index in [1.165, 1.54) is 24.2 Å². The van der Waals surface area contributed by atoms with Crippen molar-refractivity contribution in [2.75, 3.05) is 6.54 Å². The number of imidazole rings is 1. The van der Waals surface area contributed by atoms with Gasteiger partial charge < -0.3 is 9.88 Å². The predicted molar refractivity (Wildman–Crippen MR) is 81.5 cm³/mol. The van der Waals surface area contributed by atoms with Gasteiger partial charge >= 0.3 is 0 Å². The molecule has 0 fully saturated rings. The fourth-order valence-electron chi connectivity index (χ4n) is 2.47. The first-order valence-electron chi connectivity index (χ1n) is 7.40. The standard InChI is InChI=1S/C16H25N3/c1-4-19-15-10-6-5-9-14(15)18-16(19)11-7-8-12-17-13(2)3/h5-6,9-10,13,17H,4,7-8,11-12H2,1-3H3. The molecule has 1 N–H and O–H groups in total. The summed E-state index contributed by atoms with van der Waals surface area (Å²) in [5.41, 5.74) is 2.39. The minimum absolute atomic E-state index is 0.584. The van der Waals surface area contributed by atoms with Crippen molar-refractivity contribution in [1.82, 2.24) is 14.9 Å². The van der Waals surface area contributed by atoms with Gasteiger partial charge in [-0.15, -0.1) is 0 Å². The van der Waals surface area contributed by atoms with E-state index >= 15 is 0 Å². The first kappa shape index (κ1) is 14.1. The smallest absolute Gasteiger partial charge is 0.109 e. The van der Waals surface area contributed by atoms with Gasteiger partial charge in [-0.25, -0.2) is 4.98 Å². The van der Waals surface area contributed by atoms with E-state index < -0.39 is 0 Å². The van der Waals surface area contributed by atoms with Crippen LogP contribution in [0.2, 0.25) is 0 Å². The van der Waals surface area contributed by atoms with E-state index in [1.54, 1.807) is 0 Å². The van der Waals surface area contributed by atoms with Gasteiger partial charge in [0.25, 0.3) is 0 Å². The van der Waals surface area contributed by atoms with Gasteiger partial charge in [-0.2, -0.15) is 0 Å². The zero-order valence-electron chi connectivity index (χ0n) is 12.3. The maximum Gasteiger partial charge on any atom is 0.109 e. The second kappa shape index (κ2) is 6.71. The molecule has 1 heterocycles. The lowest BCUT2D eigenvalue weighted by molar-refractivity contribution is 0.550. The van der Waals surface area contributed by atoms with Gasteiger partial charge in [0.2, 0.25) is 0 Å². The highest BCUT2D eigenvalue weighted by atomic mass is 15.1. The molecule has 0 bridgehead atoms. The second-order valence-corrected chi connectivity index (χ2v) is 5.33. The predicted octanol–water partition coefficient (Wildman–Crippen LogP) is 3.38. The van der Waals surface area contributed by atoms with Gasteiger partial charge in [0.15, 0.2) is 0 Å². The van der Waals surface area contributed by atoms with E-state index in [0.29, 0.717) is 6.04 Å². The van der Waals surface area contributed by atoms with Gasteiger partial charge in [-0.05, 0) is 38.4 Å². The van der Waals surface area contributed by atoms with E-state index in [0.717, 1.165) is 25.0 Å². The van der Waals surface area contributed by atoms with Crippen molar-refractivity contribution in [1.29, 1.82) is 0 Å². The van der Waals surface area contributed by atoms with Crippen molar-refractivity contribution < 1.29 is 0 Å². The highest BCUT2D eigenvalue weighted by molar-refractivity contribution is 5.75. The molecule has 0 saturated carbocycles. The molecular weight excluding hydrogens is 234 g/mol. The monoisotopic (exact) mass is 259 g/mol. The first-order valence-corrected chi connectivity index (χ1v) is 7.40. The molecule has 0 unspecified atom stereocenters.